The van der Waals surface area contributed by atoms with Crippen LogP contribution in [0.2, 0.25) is 0 Å². The maximum atomic E-state index is 13.3. The third-order valence-corrected chi connectivity index (χ3v) is 2.56. The van der Waals surface area contributed by atoms with Gasteiger partial charge in [-0.2, -0.15) is 0 Å². The molecular weight excluding hydrogens is 257 g/mol. The zero-order chi connectivity index (χ0) is 13.1. The minimum atomic E-state index is -0.533. The van der Waals surface area contributed by atoms with Crippen LogP contribution in [0.15, 0.2) is 35.4 Å². The quantitative estimate of drug-likeness (QED) is 0.664. The minimum Gasteiger partial charge on any atom is -0.351 e. The standard InChI is InChI=1S/C11H10FN3O2S/c1-2-6-15(18)11(16)13-10-7-4-3-5-8(12)9(7)17-14-10/h2-5,18H,1,6H2,(H,13,14,16). The monoisotopic (exact) mass is 267 g/mol. The highest BCUT2D eigenvalue weighted by molar-refractivity contribution is 7.78. The van der Waals surface area contributed by atoms with Gasteiger partial charge >= 0.3 is 6.03 Å². The summed E-state index contributed by atoms with van der Waals surface area (Å²) in [5.41, 5.74) is 0.00207. The third kappa shape index (κ3) is 2.30. The summed E-state index contributed by atoms with van der Waals surface area (Å²) >= 11 is 3.95. The van der Waals surface area contributed by atoms with Crippen LogP contribution in [0.5, 0.6) is 0 Å². The number of halogens is 1. The van der Waals surface area contributed by atoms with E-state index in [9.17, 15) is 9.18 Å². The van der Waals surface area contributed by atoms with Gasteiger partial charge in [0.15, 0.2) is 11.6 Å². The normalized spacial score (nSPS) is 10.3. The molecule has 0 aliphatic rings. The Balaban J connectivity index is 2.25. The molecule has 0 unspecified atom stereocenters. The fourth-order valence-corrected chi connectivity index (χ4v) is 1.56. The fourth-order valence-electron chi connectivity index (χ4n) is 1.39. The van der Waals surface area contributed by atoms with Gasteiger partial charge in [0.25, 0.3) is 0 Å². The lowest BCUT2D eigenvalue weighted by Gasteiger charge is -2.12. The minimum absolute atomic E-state index is 0.00207. The van der Waals surface area contributed by atoms with E-state index in [-0.39, 0.29) is 17.9 Å². The Hall–Kier alpha value is -2.02. The van der Waals surface area contributed by atoms with E-state index in [1.54, 1.807) is 6.07 Å². The summed E-state index contributed by atoms with van der Waals surface area (Å²) in [6, 6.07) is 3.85. The van der Waals surface area contributed by atoms with Crippen LogP contribution < -0.4 is 5.32 Å². The van der Waals surface area contributed by atoms with E-state index in [0.29, 0.717) is 5.39 Å². The predicted molar refractivity (Wildman–Crippen MR) is 68.9 cm³/mol. The lowest BCUT2D eigenvalue weighted by Crippen LogP contribution is -2.27. The molecule has 2 aromatic rings. The van der Waals surface area contributed by atoms with E-state index in [4.69, 9.17) is 4.52 Å². The van der Waals surface area contributed by atoms with Gasteiger partial charge in [-0.1, -0.05) is 30.1 Å². The average Bonchev–Trinajstić information content (AvgIpc) is 2.74. The van der Waals surface area contributed by atoms with Gasteiger partial charge in [-0.3, -0.25) is 9.62 Å². The van der Waals surface area contributed by atoms with Crippen LogP contribution in [0.3, 0.4) is 0 Å². The number of rotatable bonds is 3. The van der Waals surface area contributed by atoms with E-state index in [2.05, 4.69) is 29.9 Å². The SMILES string of the molecule is C=CCN(S)C(=O)Nc1noc2c(F)cccc12. The number of nitrogens with one attached hydrogen (secondary N) is 1. The summed E-state index contributed by atoms with van der Waals surface area (Å²) in [5, 5.41) is 6.47. The number of anilines is 1. The van der Waals surface area contributed by atoms with Crippen molar-refractivity contribution in [1.29, 1.82) is 0 Å². The van der Waals surface area contributed by atoms with Crippen molar-refractivity contribution >= 4 is 35.6 Å². The molecule has 1 aromatic heterocycles. The number of benzene rings is 1. The molecule has 2 rings (SSSR count). The second kappa shape index (κ2) is 5.09. The first-order valence-electron chi connectivity index (χ1n) is 5.05. The number of thiol groups is 1. The number of carbonyl (C=O) groups is 1. The average molecular weight is 267 g/mol. The maximum Gasteiger partial charge on any atom is 0.333 e. The molecule has 0 fully saturated rings. The third-order valence-electron chi connectivity index (χ3n) is 2.21. The molecule has 0 bridgehead atoms. The summed E-state index contributed by atoms with van der Waals surface area (Å²) in [5.74, 6) is -0.382. The number of hydrogen-bond donors (Lipinski definition) is 2. The highest BCUT2D eigenvalue weighted by Crippen LogP contribution is 2.24. The summed E-state index contributed by atoms with van der Waals surface area (Å²) in [7, 11) is 0. The highest BCUT2D eigenvalue weighted by atomic mass is 32.1. The summed E-state index contributed by atoms with van der Waals surface area (Å²) < 4.78 is 19.3. The second-order valence-corrected chi connectivity index (χ2v) is 3.93. The first kappa shape index (κ1) is 12.4. The van der Waals surface area contributed by atoms with Crippen molar-refractivity contribution in [3.05, 3.63) is 36.7 Å². The van der Waals surface area contributed by atoms with Crippen molar-refractivity contribution in [3.63, 3.8) is 0 Å². The van der Waals surface area contributed by atoms with Crippen molar-refractivity contribution in [2.45, 2.75) is 0 Å². The zero-order valence-electron chi connectivity index (χ0n) is 9.26. The molecule has 0 saturated carbocycles. The Morgan fingerprint density at radius 2 is 2.44 bits per heavy atom. The van der Waals surface area contributed by atoms with Gasteiger partial charge in [0, 0.05) is 0 Å². The number of urea groups is 1. The van der Waals surface area contributed by atoms with Crippen molar-refractivity contribution in [1.82, 2.24) is 9.46 Å². The first-order valence-corrected chi connectivity index (χ1v) is 5.45. The van der Waals surface area contributed by atoms with Gasteiger partial charge in [-0.25, -0.2) is 9.18 Å². The largest absolute Gasteiger partial charge is 0.351 e. The fraction of sp³-hybridized carbons (Fsp3) is 0.0909. The Labute approximate surface area is 108 Å². The topological polar surface area (TPSA) is 58.4 Å². The highest BCUT2D eigenvalue weighted by Gasteiger charge is 2.15. The molecule has 5 nitrogen and oxygen atoms in total. The second-order valence-electron chi connectivity index (χ2n) is 3.45. The van der Waals surface area contributed by atoms with Crippen molar-refractivity contribution in [2.24, 2.45) is 0 Å². The molecule has 1 aromatic carbocycles. The Kier molecular flexibility index (Phi) is 3.52. The molecule has 18 heavy (non-hydrogen) atoms. The number of hydrogen-bond acceptors (Lipinski definition) is 4. The van der Waals surface area contributed by atoms with Gasteiger partial charge in [-0.15, -0.1) is 6.58 Å². The number of carbonyl (C=O) groups excluding carboxylic acids is 1. The molecule has 0 saturated heterocycles. The smallest absolute Gasteiger partial charge is 0.333 e. The van der Waals surface area contributed by atoms with Gasteiger partial charge < -0.3 is 4.52 Å². The number of aromatic nitrogens is 1. The van der Waals surface area contributed by atoms with Gasteiger partial charge in [0.1, 0.15) is 0 Å². The van der Waals surface area contributed by atoms with E-state index in [1.807, 2.05) is 0 Å². The van der Waals surface area contributed by atoms with Gasteiger partial charge in [0.05, 0.1) is 11.9 Å². The van der Waals surface area contributed by atoms with Crippen LogP contribution in [0, 0.1) is 5.82 Å². The van der Waals surface area contributed by atoms with E-state index in [0.717, 1.165) is 4.31 Å². The first-order chi connectivity index (χ1) is 8.63. The summed E-state index contributed by atoms with van der Waals surface area (Å²) in [6.45, 7) is 3.75. The van der Waals surface area contributed by atoms with E-state index < -0.39 is 11.8 Å². The van der Waals surface area contributed by atoms with Crippen LogP contribution in [-0.4, -0.2) is 22.0 Å². The maximum absolute atomic E-state index is 13.3. The molecule has 0 radical (unpaired) electrons. The lowest BCUT2D eigenvalue weighted by molar-refractivity contribution is 0.241. The number of para-hydroxylation sites is 1. The predicted octanol–water partition coefficient (Wildman–Crippen LogP) is 2.83. The summed E-state index contributed by atoms with van der Waals surface area (Å²) in [4.78, 5) is 11.6. The molecule has 0 aliphatic carbocycles. The van der Waals surface area contributed by atoms with E-state index in [1.165, 1.54) is 18.2 Å². The molecule has 0 aliphatic heterocycles. The molecule has 0 spiro atoms. The van der Waals surface area contributed by atoms with E-state index >= 15 is 0 Å². The molecular formula is C11H10FN3O2S. The van der Waals surface area contributed by atoms with Crippen molar-refractivity contribution < 1.29 is 13.7 Å². The molecule has 94 valence electrons. The summed E-state index contributed by atoms with van der Waals surface area (Å²) in [6.07, 6.45) is 1.52. The van der Waals surface area contributed by atoms with Crippen LogP contribution in [0.25, 0.3) is 11.0 Å². The Bertz CT molecular complexity index is 599. The lowest BCUT2D eigenvalue weighted by atomic mass is 10.2. The van der Waals surface area contributed by atoms with Crippen LogP contribution in [0.4, 0.5) is 15.0 Å². The number of nitrogens with zero attached hydrogens (tertiary/aromatic N) is 2. The molecule has 1 N–H and O–H groups in total. The van der Waals surface area contributed by atoms with Crippen molar-refractivity contribution in [3.8, 4) is 0 Å². The van der Waals surface area contributed by atoms with Crippen molar-refractivity contribution in [2.75, 3.05) is 11.9 Å². The Morgan fingerprint density at radius 3 is 3.17 bits per heavy atom. The number of fused-ring (bicyclic) bond motifs is 1. The van der Waals surface area contributed by atoms with Crippen LogP contribution >= 0.6 is 12.8 Å². The molecule has 7 heteroatoms. The zero-order valence-corrected chi connectivity index (χ0v) is 10.2. The van der Waals surface area contributed by atoms with Crippen LogP contribution in [-0.2, 0) is 0 Å². The molecule has 0 atom stereocenters. The molecule has 1 heterocycles. The Morgan fingerprint density at radius 1 is 1.67 bits per heavy atom. The van der Waals surface area contributed by atoms with Crippen LogP contribution in [0.1, 0.15) is 0 Å². The molecule has 2 amide bonds. The van der Waals surface area contributed by atoms with Gasteiger partial charge in [0.2, 0.25) is 5.58 Å². The number of amides is 2. The van der Waals surface area contributed by atoms with Gasteiger partial charge in [-0.05, 0) is 12.1 Å².